The number of nitrogens with two attached hydrogens (primary N) is 1. The molecule has 4 nitrogen and oxygen atoms in total. The first kappa shape index (κ1) is 8.00. The first-order valence-corrected chi connectivity index (χ1v) is 4.66. The summed E-state index contributed by atoms with van der Waals surface area (Å²) in [5, 5.41) is 7.03. The Morgan fingerprint density at radius 3 is 2.85 bits per heavy atom. The van der Waals surface area contributed by atoms with Crippen molar-refractivity contribution in [2.24, 2.45) is 0 Å². The van der Waals surface area contributed by atoms with Crippen molar-refractivity contribution in [3.8, 4) is 0 Å². The number of aromatic nitrogens is 2. The number of hydrogen-bond acceptors (Lipinski definition) is 5. The molecule has 2 aromatic rings. The summed E-state index contributed by atoms with van der Waals surface area (Å²) in [4.78, 5) is 7.98. The van der Waals surface area contributed by atoms with Gasteiger partial charge >= 0.3 is 0 Å². The van der Waals surface area contributed by atoms with Crippen LogP contribution in [0.1, 0.15) is 0 Å². The molecule has 0 fully saturated rings. The number of anilines is 3. The van der Waals surface area contributed by atoms with Crippen molar-refractivity contribution < 1.29 is 0 Å². The molecule has 3 N–H and O–H groups in total. The molecular formula is C8H8N4S. The molecule has 5 heteroatoms. The van der Waals surface area contributed by atoms with Crippen LogP contribution in [0.3, 0.4) is 0 Å². The van der Waals surface area contributed by atoms with Crippen molar-refractivity contribution in [1.29, 1.82) is 0 Å². The second-order valence-corrected chi connectivity index (χ2v) is 3.21. The Balaban J connectivity index is 2.24. The molecule has 13 heavy (non-hydrogen) atoms. The standard InChI is InChI=1S/C8H8N4S/c9-7-8(11-3-2-10-7)12-6-1-4-13-5-6/h1-5H,(H2,9,10)(H,11,12). The molecule has 2 heterocycles. The van der Waals surface area contributed by atoms with Gasteiger partial charge < -0.3 is 11.1 Å². The lowest BCUT2D eigenvalue weighted by molar-refractivity contribution is 1.21. The molecule has 0 atom stereocenters. The molecule has 0 spiro atoms. The lowest BCUT2D eigenvalue weighted by Gasteiger charge is -2.03. The molecule has 0 amide bonds. The predicted molar refractivity (Wildman–Crippen MR) is 54.0 cm³/mol. The molecule has 0 bridgehead atoms. The molecule has 0 aromatic carbocycles. The molecule has 0 unspecified atom stereocenters. The van der Waals surface area contributed by atoms with E-state index in [9.17, 15) is 0 Å². The van der Waals surface area contributed by atoms with Crippen LogP contribution in [0.25, 0.3) is 0 Å². The van der Waals surface area contributed by atoms with E-state index in [1.807, 2.05) is 16.8 Å². The predicted octanol–water partition coefficient (Wildman–Crippen LogP) is 1.86. The second kappa shape index (κ2) is 3.40. The Bertz CT molecular complexity index is 385. The summed E-state index contributed by atoms with van der Waals surface area (Å²) < 4.78 is 0. The number of nitrogens with zero attached hydrogens (tertiary/aromatic N) is 2. The van der Waals surface area contributed by atoms with Gasteiger partial charge in [0.05, 0.1) is 5.69 Å². The van der Waals surface area contributed by atoms with Crippen molar-refractivity contribution in [2.45, 2.75) is 0 Å². The van der Waals surface area contributed by atoms with Crippen molar-refractivity contribution in [3.05, 3.63) is 29.2 Å². The normalized spacial score (nSPS) is 9.85. The SMILES string of the molecule is Nc1nccnc1Nc1ccsc1. The molecule has 2 rings (SSSR count). The maximum absolute atomic E-state index is 5.60. The van der Waals surface area contributed by atoms with Crippen LogP contribution in [0.15, 0.2) is 29.2 Å². The number of nitrogens with one attached hydrogen (secondary N) is 1. The summed E-state index contributed by atoms with van der Waals surface area (Å²) in [6.07, 6.45) is 3.17. The second-order valence-electron chi connectivity index (χ2n) is 2.43. The third kappa shape index (κ3) is 1.75. The minimum atomic E-state index is 0.411. The van der Waals surface area contributed by atoms with Gasteiger partial charge in [-0.1, -0.05) is 0 Å². The van der Waals surface area contributed by atoms with Gasteiger partial charge in [0.1, 0.15) is 0 Å². The molecule has 2 aromatic heterocycles. The third-order valence-corrected chi connectivity index (χ3v) is 2.19. The maximum atomic E-state index is 5.60. The fourth-order valence-electron chi connectivity index (χ4n) is 0.917. The Morgan fingerprint density at radius 1 is 1.31 bits per heavy atom. The highest BCUT2D eigenvalue weighted by Gasteiger charge is 2.00. The Labute approximate surface area is 79.5 Å². The van der Waals surface area contributed by atoms with Gasteiger partial charge in [0.25, 0.3) is 0 Å². The average molecular weight is 192 g/mol. The van der Waals surface area contributed by atoms with Crippen LogP contribution >= 0.6 is 11.3 Å². The number of hydrogen-bond donors (Lipinski definition) is 2. The molecule has 66 valence electrons. The monoisotopic (exact) mass is 192 g/mol. The van der Waals surface area contributed by atoms with Gasteiger partial charge in [0.2, 0.25) is 0 Å². The topological polar surface area (TPSA) is 63.8 Å². The van der Waals surface area contributed by atoms with Gasteiger partial charge in [-0.05, 0) is 11.4 Å². The molecule has 0 aliphatic heterocycles. The Kier molecular flexibility index (Phi) is 2.09. The van der Waals surface area contributed by atoms with Crippen LogP contribution in [-0.2, 0) is 0 Å². The first-order chi connectivity index (χ1) is 6.36. The smallest absolute Gasteiger partial charge is 0.173 e. The first-order valence-electron chi connectivity index (χ1n) is 3.72. The van der Waals surface area contributed by atoms with Gasteiger partial charge in [0.15, 0.2) is 11.6 Å². The van der Waals surface area contributed by atoms with Crippen LogP contribution in [0.5, 0.6) is 0 Å². The summed E-state index contributed by atoms with van der Waals surface area (Å²) in [5.41, 5.74) is 6.59. The molecule has 0 radical (unpaired) electrons. The Morgan fingerprint density at radius 2 is 2.15 bits per heavy atom. The van der Waals surface area contributed by atoms with E-state index >= 15 is 0 Å². The van der Waals surface area contributed by atoms with Gasteiger partial charge in [-0.15, -0.1) is 0 Å². The van der Waals surface area contributed by atoms with Crippen LogP contribution in [0.4, 0.5) is 17.3 Å². The zero-order chi connectivity index (χ0) is 9.10. The summed E-state index contributed by atoms with van der Waals surface area (Å²) in [6.45, 7) is 0. The third-order valence-electron chi connectivity index (χ3n) is 1.51. The molecule has 0 saturated heterocycles. The molecule has 0 saturated carbocycles. The van der Waals surface area contributed by atoms with Crippen LogP contribution in [-0.4, -0.2) is 9.97 Å². The van der Waals surface area contributed by atoms with Crippen molar-refractivity contribution in [1.82, 2.24) is 9.97 Å². The van der Waals surface area contributed by atoms with E-state index in [4.69, 9.17) is 5.73 Å². The molecular weight excluding hydrogens is 184 g/mol. The summed E-state index contributed by atoms with van der Waals surface area (Å²) in [6, 6.07) is 1.96. The number of rotatable bonds is 2. The minimum Gasteiger partial charge on any atom is -0.381 e. The zero-order valence-electron chi connectivity index (χ0n) is 6.77. The van der Waals surface area contributed by atoms with Gasteiger partial charge in [-0.3, -0.25) is 0 Å². The highest BCUT2D eigenvalue weighted by atomic mass is 32.1. The number of nitrogen functional groups attached to an aromatic ring is 1. The summed E-state index contributed by atoms with van der Waals surface area (Å²) in [7, 11) is 0. The van der Waals surface area contributed by atoms with Crippen molar-refractivity contribution in [2.75, 3.05) is 11.1 Å². The molecule has 0 aliphatic rings. The lowest BCUT2D eigenvalue weighted by atomic mass is 10.5. The zero-order valence-corrected chi connectivity index (χ0v) is 7.58. The fourth-order valence-corrected chi connectivity index (χ4v) is 1.51. The van der Waals surface area contributed by atoms with Crippen LogP contribution in [0, 0.1) is 0 Å². The van der Waals surface area contributed by atoms with E-state index < -0.39 is 0 Å². The van der Waals surface area contributed by atoms with E-state index in [1.165, 1.54) is 0 Å². The van der Waals surface area contributed by atoms with Gasteiger partial charge in [-0.25, -0.2) is 9.97 Å². The van der Waals surface area contributed by atoms with E-state index in [2.05, 4.69) is 15.3 Å². The number of thiophene rings is 1. The average Bonchev–Trinajstić information content (AvgIpc) is 2.61. The van der Waals surface area contributed by atoms with Crippen LogP contribution < -0.4 is 11.1 Å². The van der Waals surface area contributed by atoms with Crippen LogP contribution in [0.2, 0.25) is 0 Å². The summed E-state index contributed by atoms with van der Waals surface area (Å²) >= 11 is 1.61. The van der Waals surface area contributed by atoms with E-state index in [0.717, 1.165) is 5.69 Å². The lowest BCUT2D eigenvalue weighted by Crippen LogP contribution is -1.99. The van der Waals surface area contributed by atoms with Gasteiger partial charge in [-0.2, -0.15) is 11.3 Å². The van der Waals surface area contributed by atoms with E-state index in [-0.39, 0.29) is 0 Å². The van der Waals surface area contributed by atoms with Crippen molar-refractivity contribution >= 4 is 28.7 Å². The maximum Gasteiger partial charge on any atom is 0.173 e. The Hall–Kier alpha value is -1.62. The van der Waals surface area contributed by atoms with E-state index in [0.29, 0.717) is 11.6 Å². The fraction of sp³-hybridized carbons (Fsp3) is 0. The highest BCUT2D eigenvalue weighted by Crippen LogP contribution is 2.19. The summed E-state index contributed by atoms with van der Waals surface area (Å²) in [5.74, 6) is 1.01. The van der Waals surface area contributed by atoms with Crippen molar-refractivity contribution in [3.63, 3.8) is 0 Å². The quantitative estimate of drug-likeness (QED) is 0.762. The highest BCUT2D eigenvalue weighted by molar-refractivity contribution is 7.08. The van der Waals surface area contributed by atoms with Gasteiger partial charge in [0, 0.05) is 17.8 Å². The molecule has 0 aliphatic carbocycles. The minimum absolute atomic E-state index is 0.411. The van der Waals surface area contributed by atoms with E-state index in [1.54, 1.807) is 23.7 Å². The largest absolute Gasteiger partial charge is 0.381 e.